The van der Waals surface area contributed by atoms with Crippen LogP contribution in [0.15, 0.2) is 11.6 Å². The van der Waals surface area contributed by atoms with Crippen LogP contribution in [0.3, 0.4) is 0 Å². The van der Waals surface area contributed by atoms with E-state index >= 15 is 0 Å². The molecule has 0 aromatic heterocycles. The van der Waals surface area contributed by atoms with Crippen LogP contribution in [0.2, 0.25) is 0 Å². The zero-order valence-corrected chi connectivity index (χ0v) is 12.9. The van der Waals surface area contributed by atoms with Gasteiger partial charge in [-0.3, -0.25) is 14.6 Å². The summed E-state index contributed by atoms with van der Waals surface area (Å²) in [6.07, 6.45) is 1.93. The third-order valence-electron chi connectivity index (χ3n) is 4.00. The number of hydrogen-bond acceptors (Lipinski definition) is 4. The molecule has 0 atom stereocenters. The van der Waals surface area contributed by atoms with Crippen molar-refractivity contribution in [3.63, 3.8) is 0 Å². The van der Waals surface area contributed by atoms with Crippen LogP contribution in [0.25, 0.3) is 0 Å². The molecule has 0 radical (unpaired) electrons. The lowest BCUT2D eigenvalue weighted by molar-refractivity contribution is -0.118. The molecule has 0 aromatic rings. The molecule has 0 unspecified atom stereocenters. The molecule has 0 spiro atoms. The number of piperazine rings is 1. The Morgan fingerprint density at radius 1 is 1.30 bits per heavy atom. The molecular weight excluding hydrogens is 254 g/mol. The van der Waals surface area contributed by atoms with E-state index in [1.54, 1.807) is 0 Å². The van der Waals surface area contributed by atoms with Crippen LogP contribution in [0.1, 0.15) is 20.8 Å². The van der Waals surface area contributed by atoms with Gasteiger partial charge in [-0.05, 0) is 20.8 Å². The van der Waals surface area contributed by atoms with Crippen molar-refractivity contribution in [1.82, 2.24) is 15.1 Å². The van der Waals surface area contributed by atoms with Gasteiger partial charge in [0, 0.05) is 44.3 Å². The first-order valence-corrected chi connectivity index (χ1v) is 7.60. The highest BCUT2D eigenvalue weighted by Crippen LogP contribution is 2.14. The molecular formula is C15H27N3O2. The molecule has 5 heteroatoms. The fourth-order valence-electron chi connectivity index (χ4n) is 2.61. The minimum atomic E-state index is 0.0670. The highest BCUT2D eigenvalue weighted by molar-refractivity contribution is 5.93. The van der Waals surface area contributed by atoms with Crippen molar-refractivity contribution in [3.8, 4) is 0 Å². The Hall–Kier alpha value is -0.910. The summed E-state index contributed by atoms with van der Waals surface area (Å²) in [5.74, 6) is 0.0670. The number of allylic oxidation sites excluding steroid dienone is 1. The van der Waals surface area contributed by atoms with Crippen molar-refractivity contribution in [2.75, 3.05) is 45.9 Å². The van der Waals surface area contributed by atoms with Crippen molar-refractivity contribution < 1.29 is 9.53 Å². The Morgan fingerprint density at radius 3 is 2.40 bits per heavy atom. The van der Waals surface area contributed by atoms with E-state index in [0.717, 1.165) is 51.5 Å². The second kappa shape index (κ2) is 7.20. The quantitative estimate of drug-likeness (QED) is 0.744. The van der Waals surface area contributed by atoms with Gasteiger partial charge in [0.25, 0.3) is 0 Å². The van der Waals surface area contributed by atoms with Gasteiger partial charge in [0.2, 0.25) is 5.91 Å². The van der Waals surface area contributed by atoms with Crippen molar-refractivity contribution in [2.45, 2.75) is 32.9 Å². The van der Waals surface area contributed by atoms with Crippen LogP contribution < -0.4 is 5.32 Å². The monoisotopic (exact) mass is 281 g/mol. The summed E-state index contributed by atoms with van der Waals surface area (Å²) in [5, 5.41) is 2.97. The predicted molar refractivity (Wildman–Crippen MR) is 79.7 cm³/mol. The number of nitrogens with one attached hydrogen (secondary N) is 1. The predicted octanol–water partition coefficient (Wildman–Crippen LogP) is 0.474. The standard InChI is InChI=1S/C15H27N3O2/c1-4-13(15(19)16-12(2)3)9-17-5-7-18(8-6-17)14-10-20-11-14/h4,12,14H,5-11H2,1-3H3,(H,16,19)/b13-4+. The van der Waals surface area contributed by atoms with Gasteiger partial charge in [-0.2, -0.15) is 0 Å². The minimum absolute atomic E-state index is 0.0670. The molecule has 1 N–H and O–H groups in total. The minimum Gasteiger partial charge on any atom is -0.378 e. The van der Waals surface area contributed by atoms with Crippen LogP contribution in [-0.4, -0.2) is 73.7 Å². The van der Waals surface area contributed by atoms with Gasteiger partial charge in [0.15, 0.2) is 0 Å². The van der Waals surface area contributed by atoms with Gasteiger partial charge in [-0.1, -0.05) is 6.08 Å². The second-order valence-corrected chi connectivity index (χ2v) is 5.95. The van der Waals surface area contributed by atoms with E-state index in [-0.39, 0.29) is 11.9 Å². The smallest absolute Gasteiger partial charge is 0.248 e. The molecule has 114 valence electrons. The summed E-state index contributed by atoms with van der Waals surface area (Å²) < 4.78 is 5.25. The third kappa shape index (κ3) is 4.04. The SMILES string of the molecule is C/C=C(\CN1CCN(C2COC2)CC1)C(=O)NC(C)C. The molecule has 1 amide bonds. The summed E-state index contributed by atoms with van der Waals surface area (Å²) in [7, 11) is 0. The molecule has 2 fully saturated rings. The fraction of sp³-hybridized carbons (Fsp3) is 0.800. The van der Waals surface area contributed by atoms with E-state index in [4.69, 9.17) is 4.74 Å². The average Bonchev–Trinajstić information content (AvgIpc) is 2.34. The van der Waals surface area contributed by atoms with Crippen LogP contribution in [0.5, 0.6) is 0 Å². The lowest BCUT2D eigenvalue weighted by atomic mass is 10.1. The highest BCUT2D eigenvalue weighted by Gasteiger charge is 2.29. The number of ether oxygens (including phenoxy) is 1. The van der Waals surface area contributed by atoms with Gasteiger partial charge >= 0.3 is 0 Å². The number of nitrogens with zero attached hydrogens (tertiary/aromatic N) is 2. The van der Waals surface area contributed by atoms with E-state index in [0.29, 0.717) is 6.04 Å². The lowest BCUT2D eigenvalue weighted by Gasteiger charge is -2.42. The maximum absolute atomic E-state index is 12.1. The highest BCUT2D eigenvalue weighted by atomic mass is 16.5. The number of amides is 1. The summed E-state index contributed by atoms with van der Waals surface area (Å²) >= 11 is 0. The summed E-state index contributed by atoms with van der Waals surface area (Å²) in [6, 6.07) is 0.815. The van der Waals surface area contributed by atoms with Crippen molar-refractivity contribution >= 4 is 5.91 Å². The zero-order chi connectivity index (χ0) is 14.5. The molecule has 0 bridgehead atoms. The van der Waals surface area contributed by atoms with Gasteiger partial charge in [0.1, 0.15) is 0 Å². The van der Waals surface area contributed by atoms with Crippen LogP contribution in [0, 0.1) is 0 Å². The number of rotatable bonds is 5. The van der Waals surface area contributed by atoms with Crippen LogP contribution in [-0.2, 0) is 9.53 Å². The normalized spacial score (nSPS) is 22.9. The molecule has 20 heavy (non-hydrogen) atoms. The Kier molecular flexibility index (Phi) is 5.57. The second-order valence-electron chi connectivity index (χ2n) is 5.95. The Bertz CT molecular complexity index is 356. The van der Waals surface area contributed by atoms with Crippen LogP contribution >= 0.6 is 0 Å². The molecule has 2 rings (SSSR count). The van der Waals surface area contributed by atoms with Gasteiger partial charge in [-0.15, -0.1) is 0 Å². The molecule has 2 aliphatic rings. The van der Waals surface area contributed by atoms with Gasteiger partial charge in [-0.25, -0.2) is 0 Å². The molecule has 0 aliphatic carbocycles. The van der Waals surface area contributed by atoms with Crippen molar-refractivity contribution in [3.05, 3.63) is 11.6 Å². The Morgan fingerprint density at radius 2 is 1.95 bits per heavy atom. The first-order chi connectivity index (χ1) is 9.60. The lowest BCUT2D eigenvalue weighted by Crippen LogP contribution is -2.56. The Labute approximate surface area is 121 Å². The number of carbonyl (C=O) groups excluding carboxylic acids is 1. The maximum Gasteiger partial charge on any atom is 0.248 e. The number of carbonyl (C=O) groups is 1. The van der Waals surface area contributed by atoms with Crippen molar-refractivity contribution in [2.24, 2.45) is 0 Å². The van der Waals surface area contributed by atoms with E-state index < -0.39 is 0 Å². The fourth-order valence-corrected chi connectivity index (χ4v) is 2.61. The number of hydrogen-bond donors (Lipinski definition) is 1. The summed E-state index contributed by atoms with van der Waals surface area (Å²) in [4.78, 5) is 16.9. The topological polar surface area (TPSA) is 44.8 Å². The molecule has 0 saturated carbocycles. The van der Waals surface area contributed by atoms with E-state index in [1.807, 2.05) is 26.8 Å². The van der Waals surface area contributed by atoms with E-state index in [2.05, 4.69) is 15.1 Å². The van der Waals surface area contributed by atoms with E-state index in [1.165, 1.54) is 0 Å². The third-order valence-corrected chi connectivity index (χ3v) is 4.00. The largest absolute Gasteiger partial charge is 0.378 e. The molecule has 5 nitrogen and oxygen atoms in total. The molecule has 2 aliphatic heterocycles. The molecule has 0 aromatic carbocycles. The molecule has 2 heterocycles. The van der Waals surface area contributed by atoms with E-state index in [9.17, 15) is 4.79 Å². The van der Waals surface area contributed by atoms with Crippen LogP contribution in [0.4, 0.5) is 0 Å². The maximum atomic E-state index is 12.1. The summed E-state index contributed by atoms with van der Waals surface area (Å²) in [5.41, 5.74) is 0.874. The Balaban J connectivity index is 1.76. The van der Waals surface area contributed by atoms with Crippen molar-refractivity contribution in [1.29, 1.82) is 0 Å². The molecule has 2 saturated heterocycles. The van der Waals surface area contributed by atoms with Gasteiger partial charge in [0.05, 0.1) is 19.3 Å². The first-order valence-electron chi connectivity index (χ1n) is 7.60. The average molecular weight is 281 g/mol. The van der Waals surface area contributed by atoms with Gasteiger partial charge < -0.3 is 10.1 Å². The first kappa shape index (κ1) is 15.5. The zero-order valence-electron chi connectivity index (χ0n) is 12.9. The summed E-state index contributed by atoms with van der Waals surface area (Å²) in [6.45, 7) is 12.7.